The number of fused-ring (bicyclic) bond motifs is 6. The predicted molar refractivity (Wildman–Crippen MR) is 120 cm³/mol. The molecule has 1 unspecified atom stereocenters. The Hall–Kier alpha value is -0.609. The summed E-state index contributed by atoms with van der Waals surface area (Å²) < 4.78 is 0. The number of nitrogens with one attached hydrogen (secondary N) is 1. The van der Waals surface area contributed by atoms with Gasteiger partial charge in [0.15, 0.2) is 0 Å². The van der Waals surface area contributed by atoms with E-state index in [9.17, 15) is 0 Å². The van der Waals surface area contributed by atoms with Gasteiger partial charge in [0, 0.05) is 11.0 Å². The molecule has 29 heavy (non-hydrogen) atoms. The average Bonchev–Trinajstić information content (AvgIpc) is 2.88. The molecule has 5 heteroatoms. The Morgan fingerprint density at radius 3 is 1.59 bits per heavy atom. The second kappa shape index (κ2) is 14.4. The Bertz CT molecular complexity index is 898. The van der Waals surface area contributed by atoms with Gasteiger partial charge in [-0.2, -0.15) is 5.56 Å². The van der Waals surface area contributed by atoms with Crippen LogP contribution in [0.15, 0.2) is 48.5 Å². The van der Waals surface area contributed by atoms with Crippen LogP contribution in [0.4, 0.5) is 0 Å². The summed E-state index contributed by atoms with van der Waals surface area (Å²) in [5.74, 6) is 0.398. The summed E-state index contributed by atoms with van der Waals surface area (Å²) in [6, 6.07) is 17.4. The van der Waals surface area contributed by atoms with Crippen LogP contribution in [-0.2, 0) is 21.7 Å². The van der Waals surface area contributed by atoms with Crippen molar-refractivity contribution in [2.45, 2.75) is 39.2 Å². The number of allylic oxidation sites excluding steroid dienone is 1. The van der Waals surface area contributed by atoms with Gasteiger partial charge < -0.3 is 45.4 Å². The fraction of sp³-hybridized carbons (Fsp3) is 0.250. The third-order valence-electron chi connectivity index (χ3n) is 3.93. The molecule has 1 aliphatic rings. The van der Waals surface area contributed by atoms with Crippen molar-refractivity contribution in [1.82, 2.24) is 0 Å². The van der Waals surface area contributed by atoms with Crippen molar-refractivity contribution in [2.75, 3.05) is 0 Å². The molecule has 4 radical (unpaired) electrons. The molecule has 0 spiro atoms. The topological polar surface area (TPSA) is 23.8 Å². The molecule has 0 aliphatic heterocycles. The van der Waals surface area contributed by atoms with Crippen LogP contribution < -0.4 is 24.8 Å². The summed E-state index contributed by atoms with van der Waals surface area (Å²) in [4.78, 5) is 0. The van der Waals surface area contributed by atoms with Crippen molar-refractivity contribution < 1.29 is 46.5 Å². The van der Waals surface area contributed by atoms with E-state index in [1.165, 1.54) is 32.7 Å². The molecule has 3 aromatic carbocycles. The van der Waals surface area contributed by atoms with Crippen LogP contribution in [0.5, 0.6) is 0 Å². The molecule has 0 bridgehead atoms. The number of rotatable bonds is 0. The van der Waals surface area contributed by atoms with E-state index < -0.39 is 0 Å². The molecule has 0 aromatic heterocycles. The number of benzene rings is 3. The first-order valence-corrected chi connectivity index (χ1v) is 8.14. The molecule has 1 N–H and O–H groups in total. The fourth-order valence-electron chi connectivity index (χ4n) is 3.11. The average molecular weight is 478 g/mol. The first-order chi connectivity index (χ1) is 10.9. The molecular weight excluding hydrogens is 449 g/mol. The summed E-state index contributed by atoms with van der Waals surface area (Å²) in [5, 5.41) is 5.43. The quantitative estimate of drug-likeness (QED) is 0.264. The standard InChI is InChI=1S/C18H13.C4H10N.2CH3.2ClH.Si.Ti/c1-12-10-11-17-15-8-3-2-6-13(15)14-7-4-5-9-16(14)18(12)17;1-4(2,3)5;;;;;;/h2-9,11-12H,1H3;5H,1-3H3;2*1H3;2*1H;;/q4*-1;;;;+2/p-2. The zero-order valence-electron chi connectivity index (χ0n) is 18.0. The van der Waals surface area contributed by atoms with E-state index in [4.69, 9.17) is 5.73 Å². The van der Waals surface area contributed by atoms with Gasteiger partial charge in [-0.25, -0.2) is 6.08 Å². The van der Waals surface area contributed by atoms with E-state index in [1.807, 2.05) is 20.8 Å². The van der Waals surface area contributed by atoms with Gasteiger partial charge in [0.2, 0.25) is 0 Å². The van der Waals surface area contributed by atoms with Gasteiger partial charge in [0.25, 0.3) is 0 Å². The molecule has 0 fully saturated rings. The van der Waals surface area contributed by atoms with Crippen molar-refractivity contribution in [3.8, 4) is 0 Å². The minimum Gasteiger partial charge on any atom is -1.00 e. The fourth-order valence-corrected chi connectivity index (χ4v) is 3.11. The van der Waals surface area contributed by atoms with Gasteiger partial charge in [0.1, 0.15) is 0 Å². The summed E-state index contributed by atoms with van der Waals surface area (Å²) in [7, 11) is 0. The van der Waals surface area contributed by atoms with Crippen molar-refractivity contribution in [3.05, 3.63) is 86.3 Å². The maximum atomic E-state index is 6.94. The maximum absolute atomic E-state index is 6.94. The van der Waals surface area contributed by atoms with E-state index in [0.717, 1.165) is 0 Å². The van der Waals surface area contributed by atoms with Crippen LogP contribution >= 0.6 is 0 Å². The first kappa shape index (κ1) is 35.8. The molecule has 0 saturated carbocycles. The van der Waals surface area contributed by atoms with Crippen LogP contribution in [-0.4, -0.2) is 16.5 Å². The molecule has 4 rings (SSSR count). The molecule has 156 valence electrons. The number of hydrogen-bond acceptors (Lipinski definition) is 0. The van der Waals surface area contributed by atoms with Gasteiger partial charge in [0.05, 0.1) is 0 Å². The van der Waals surface area contributed by atoms with Crippen molar-refractivity contribution in [2.24, 2.45) is 0 Å². The van der Waals surface area contributed by atoms with Gasteiger partial charge in [-0.15, -0.1) is 11.1 Å². The Labute approximate surface area is 209 Å². The summed E-state index contributed by atoms with van der Waals surface area (Å²) >= 11 is 0. The van der Waals surface area contributed by atoms with E-state index in [0.29, 0.717) is 5.92 Å². The molecule has 3 aromatic rings. The van der Waals surface area contributed by atoms with Gasteiger partial charge in [-0.05, 0) is 16.2 Å². The Morgan fingerprint density at radius 2 is 1.14 bits per heavy atom. The second-order valence-corrected chi connectivity index (χ2v) is 7.20. The summed E-state index contributed by atoms with van der Waals surface area (Å²) in [6.45, 7) is 7.79. The smallest absolute Gasteiger partial charge is 1.00 e. The number of halogens is 2. The molecule has 1 atom stereocenters. The minimum atomic E-state index is -0.250. The Morgan fingerprint density at radius 1 is 0.793 bits per heavy atom. The first-order valence-electron chi connectivity index (χ1n) is 8.14. The number of hydrogen-bond donors (Lipinski definition) is 0. The summed E-state index contributed by atoms with van der Waals surface area (Å²) in [6.07, 6.45) is 5.61. The van der Waals surface area contributed by atoms with E-state index in [-0.39, 0.29) is 77.9 Å². The van der Waals surface area contributed by atoms with Crippen LogP contribution in [0.1, 0.15) is 44.7 Å². The molecule has 1 nitrogen and oxygen atoms in total. The third kappa shape index (κ3) is 8.21. The van der Waals surface area contributed by atoms with E-state index in [2.05, 4.69) is 67.6 Å². The second-order valence-electron chi connectivity index (χ2n) is 7.20. The molecule has 1 aliphatic carbocycles. The molecular formula is C24H29Cl2NSiTi-4. The maximum Gasteiger partial charge on any atom is 2.00 e. The van der Waals surface area contributed by atoms with Gasteiger partial charge in [-0.3, -0.25) is 6.08 Å². The van der Waals surface area contributed by atoms with E-state index >= 15 is 0 Å². The molecule has 0 amide bonds. The Balaban J connectivity index is -0.000000259. The van der Waals surface area contributed by atoms with E-state index in [1.54, 1.807) is 0 Å². The molecule has 0 saturated heterocycles. The van der Waals surface area contributed by atoms with Gasteiger partial charge >= 0.3 is 21.7 Å². The zero-order chi connectivity index (χ0) is 16.6. The van der Waals surface area contributed by atoms with Gasteiger partial charge in [-0.1, -0.05) is 87.5 Å². The minimum absolute atomic E-state index is 0. The monoisotopic (exact) mass is 477 g/mol. The molecule has 0 heterocycles. The van der Waals surface area contributed by atoms with Crippen molar-refractivity contribution >= 4 is 38.6 Å². The predicted octanol–water partition coefficient (Wildman–Crippen LogP) is 1.29. The normalized spacial score (nSPS) is 12.9. The summed E-state index contributed by atoms with van der Waals surface area (Å²) in [5.41, 5.74) is 9.48. The van der Waals surface area contributed by atoms with Crippen LogP contribution in [0.25, 0.3) is 33.4 Å². The van der Waals surface area contributed by atoms with Crippen LogP contribution in [0.3, 0.4) is 0 Å². The van der Waals surface area contributed by atoms with Crippen molar-refractivity contribution in [3.63, 3.8) is 0 Å². The SMILES string of the molecule is CC(C)(C)[NH-].CC1[C-]=Cc2c1c1ccccc1c1ccccc21.[CH3-].[CH3-].[Cl-].[Cl-].[Si].[Ti+2]. The van der Waals surface area contributed by atoms with Crippen LogP contribution in [0, 0.1) is 20.9 Å². The third-order valence-corrected chi connectivity index (χ3v) is 3.93. The van der Waals surface area contributed by atoms with Crippen molar-refractivity contribution in [1.29, 1.82) is 0 Å². The van der Waals surface area contributed by atoms with Crippen LogP contribution in [0.2, 0.25) is 0 Å². The zero-order valence-corrected chi connectivity index (χ0v) is 22.1. The largest absolute Gasteiger partial charge is 2.00 e. The Kier molecular flexibility index (Phi) is 17.8.